The second-order valence-corrected chi connectivity index (χ2v) is 5.66. The lowest BCUT2D eigenvalue weighted by molar-refractivity contribution is 0.0410. The molecule has 1 saturated heterocycles. The SMILES string of the molecule is CCOc1c(CN(C)CC2CCCOC2)cccc1OC. The lowest BCUT2D eigenvalue weighted by atomic mass is 10.0. The maximum absolute atomic E-state index is 5.77. The quantitative estimate of drug-likeness (QED) is 0.773. The van der Waals surface area contributed by atoms with Gasteiger partial charge in [-0.05, 0) is 38.8 Å². The van der Waals surface area contributed by atoms with Crippen LogP contribution in [0.5, 0.6) is 11.5 Å². The van der Waals surface area contributed by atoms with Crippen molar-refractivity contribution in [1.29, 1.82) is 0 Å². The van der Waals surface area contributed by atoms with Gasteiger partial charge in [0.1, 0.15) is 0 Å². The number of rotatable bonds is 7. The highest BCUT2D eigenvalue weighted by Crippen LogP contribution is 2.32. The standard InChI is InChI=1S/C17H27NO3/c1-4-21-17-15(8-5-9-16(17)19-3)12-18(2)11-14-7-6-10-20-13-14/h5,8-9,14H,4,6-7,10-13H2,1-3H3. The zero-order valence-corrected chi connectivity index (χ0v) is 13.4. The van der Waals surface area contributed by atoms with Gasteiger partial charge in [-0.15, -0.1) is 0 Å². The average Bonchev–Trinajstić information content (AvgIpc) is 2.50. The molecular weight excluding hydrogens is 266 g/mol. The summed E-state index contributed by atoms with van der Waals surface area (Å²) in [6.07, 6.45) is 2.45. The van der Waals surface area contributed by atoms with E-state index >= 15 is 0 Å². The topological polar surface area (TPSA) is 30.9 Å². The number of hydrogen-bond donors (Lipinski definition) is 0. The first-order valence-corrected chi connectivity index (χ1v) is 7.79. The van der Waals surface area contributed by atoms with E-state index in [1.807, 2.05) is 19.1 Å². The fourth-order valence-corrected chi connectivity index (χ4v) is 2.90. The van der Waals surface area contributed by atoms with E-state index in [9.17, 15) is 0 Å². The predicted molar refractivity (Wildman–Crippen MR) is 84.0 cm³/mol. The van der Waals surface area contributed by atoms with E-state index in [0.29, 0.717) is 12.5 Å². The summed E-state index contributed by atoms with van der Waals surface area (Å²) in [6, 6.07) is 6.08. The molecule has 0 aromatic heterocycles. The van der Waals surface area contributed by atoms with Gasteiger partial charge in [0.05, 0.1) is 20.3 Å². The Balaban J connectivity index is 2.00. The molecule has 118 valence electrons. The molecule has 4 heteroatoms. The zero-order chi connectivity index (χ0) is 15.1. The van der Waals surface area contributed by atoms with Crippen LogP contribution in [0.25, 0.3) is 0 Å². The van der Waals surface area contributed by atoms with Gasteiger partial charge in [-0.1, -0.05) is 12.1 Å². The molecule has 4 nitrogen and oxygen atoms in total. The molecule has 1 aromatic rings. The van der Waals surface area contributed by atoms with Crippen molar-refractivity contribution in [1.82, 2.24) is 4.90 Å². The molecule has 0 radical (unpaired) electrons. The molecule has 1 atom stereocenters. The Morgan fingerprint density at radius 1 is 1.38 bits per heavy atom. The summed E-state index contributed by atoms with van der Waals surface area (Å²) in [5.74, 6) is 2.32. The van der Waals surface area contributed by atoms with Crippen molar-refractivity contribution >= 4 is 0 Å². The summed E-state index contributed by atoms with van der Waals surface area (Å²) in [4.78, 5) is 2.34. The Labute approximate surface area is 128 Å². The minimum absolute atomic E-state index is 0.643. The summed E-state index contributed by atoms with van der Waals surface area (Å²) in [5.41, 5.74) is 1.18. The molecule has 0 N–H and O–H groups in total. The van der Waals surface area contributed by atoms with E-state index in [2.05, 4.69) is 18.0 Å². The third-order valence-electron chi connectivity index (χ3n) is 3.83. The highest BCUT2D eigenvalue weighted by Gasteiger charge is 2.17. The molecule has 1 aliphatic rings. The van der Waals surface area contributed by atoms with Crippen molar-refractivity contribution in [2.45, 2.75) is 26.3 Å². The van der Waals surface area contributed by atoms with Crippen LogP contribution in [0.15, 0.2) is 18.2 Å². The lowest BCUT2D eigenvalue weighted by Gasteiger charge is -2.27. The van der Waals surface area contributed by atoms with Crippen molar-refractivity contribution in [3.8, 4) is 11.5 Å². The molecule has 0 amide bonds. The minimum Gasteiger partial charge on any atom is -0.493 e. The van der Waals surface area contributed by atoms with E-state index in [-0.39, 0.29) is 0 Å². The second kappa shape index (κ2) is 8.25. The second-order valence-electron chi connectivity index (χ2n) is 5.66. The van der Waals surface area contributed by atoms with Gasteiger partial charge in [-0.3, -0.25) is 0 Å². The molecule has 0 bridgehead atoms. The molecule has 1 heterocycles. The van der Waals surface area contributed by atoms with Crippen molar-refractivity contribution in [3.63, 3.8) is 0 Å². The van der Waals surface area contributed by atoms with E-state index in [0.717, 1.165) is 37.8 Å². The fourth-order valence-electron chi connectivity index (χ4n) is 2.90. The maximum Gasteiger partial charge on any atom is 0.165 e. The normalized spacial score (nSPS) is 18.8. The average molecular weight is 293 g/mol. The Kier molecular flexibility index (Phi) is 6.33. The number of benzene rings is 1. The van der Waals surface area contributed by atoms with Crippen LogP contribution in [0.1, 0.15) is 25.3 Å². The van der Waals surface area contributed by atoms with Crippen LogP contribution in [0.2, 0.25) is 0 Å². The Morgan fingerprint density at radius 2 is 2.24 bits per heavy atom. The van der Waals surface area contributed by atoms with Crippen LogP contribution >= 0.6 is 0 Å². The molecule has 1 aromatic carbocycles. The molecular formula is C17H27NO3. The molecule has 1 unspecified atom stereocenters. The van der Waals surface area contributed by atoms with Crippen LogP contribution < -0.4 is 9.47 Å². The van der Waals surface area contributed by atoms with Crippen LogP contribution in [0.4, 0.5) is 0 Å². The fraction of sp³-hybridized carbons (Fsp3) is 0.647. The maximum atomic E-state index is 5.77. The number of ether oxygens (including phenoxy) is 3. The number of hydrogen-bond acceptors (Lipinski definition) is 4. The van der Waals surface area contributed by atoms with Gasteiger partial charge < -0.3 is 19.1 Å². The first-order valence-electron chi connectivity index (χ1n) is 7.79. The summed E-state index contributed by atoms with van der Waals surface area (Å²) in [7, 11) is 3.84. The van der Waals surface area contributed by atoms with Crippen LogP contribution in [-0.2, 0) is 11.3 Å². The summed E-state index contributed by atoms with van der Waals surface area (Å²) in [6.45, 7) is 6.38. The third kappa shape index (κ3) is 4.61. The van der Waals surface area contributed by atoms with Crippen LogP contribution in [0, 0.1) is 5.92 Å². The van der Waals surface area contributed by atoms with Crippen LogP contribution in [0.3, 0.4) is 0 Å². The number of nitrogens with zero attached hydrogens (tertiary/aromatic N) is 1. The van der Waals surface area contributed by atoms with Crippen molar-refractivity contribution in [3.05, 3.63) is 23.8 Å². The summed E-state index contributed by atoms with van der Waals surface area (Å²) in [5, 5.41) is 0. The van der Waals surface area contributed by atoms with Crippen molar-refractivity contribution in [2.24, 2.45) is 5.92 Å². The molecule has 0 saturated carbocycles. The third-order valence-corrected chi connectivity index (χ3v) is 3.83. The summed E-state index contributed by atoms with van der Waals surface area (Å²) < 4.78 is 16.7. The highest BCUT2D eigenvalue weighted by molar-refractivity contribution is 5.46. The van der Waals surface area contributed by atoms with Crippen molar-refractivity contribution < 1.29 is 14.2 Å². The molecule has 21 heavy (non-hydrogen) atoms. The largest absolute Gasteiger partial charge is 0.493 e. The van der Waals surface area contributed by atoms with E-state index < -0.39 is 0 Å². The van der Waals surface area contributed by atoms with Gasteiger partial charge in [0.2, 0.25) is 0 Å². The number of para-hydroxylation sites is 1. The minimum atomic E-state index is 0.643. The first-order chi connectivity index (χ1) is 10.2. The Hall–Kier alpha value is -1.26. The van der Waals surface area contributed by atoms with E-state index in [1.165, 1.54) is 18.4 Å². The highest BCUT2D eigenvalue weighted by atomic mass is 16.5. The van der Waals surface area contributed by atoms with Crippen LogP contribution in [-0.4, -0.2) is 45.4 Å². The molecule has 1 aliphatic heterocycles. The first kappa shape index (κ1) is 16.1. The van der Waals surface area contributed by atoms with E-state index in [1.54, 1.807) is 7.11 Å². The zero-order valence-electron chi connectivity index (χ0n) is 13.4. The molecule has 2 rings (SSSR count). The molecule has 1 fully saturated rings. The summed E-state index contributed by atoms with van der Waals surface area (Å²) >= 11 is 0. The Bertz CT molecular complexity index is 430. The van der Waals surface area contributed by atoms with Gasteiger partial charge in [0.15, 0.2) is 11.5 Å². The molecule has 0 aliphatic carbocycles. The predicted octanol–water partition coefficient (Wildman–Crippen LogP) is 2.95. The van der Waals surface area contributed by atoms with Gasteiger partial charge in [0, 0.05) is 25.3 Å². The van der Waals surface area contributed by atoms with Gasteiger partial charge >= 0.3 is 0 Å². The lowest BCUT2D eigenvalue weighted by Crippen LogP contribution is -2.30. The number of methoxy groups -OCH3 is 1. The van der Waals surface area contributed by atoms with Gasteiger partial charge in [0.25, 0.3) is 0 Å². The van der Waals surface area contributed by atoms with E-state index in [4.69, 9.17) is 14.2 Å². The van der Waals surface area contributed by atoms with Gasteiger partial charge in [-0.25, -0.2) is 0 Å². The van der Waals surface area contributed by atoms with Crippen molar-refractivity contribution in [2.75, 3.05) is 40.5 Å². The molecule has 0 spiro atoms. The smallest absolute Gasteiger partial charge is 0.165 e. The Morgan fingerprint density at radius 3 is 2.90 bits per heavy atom. The monoisotopic (exact) mass is 293 g/mol. The van der Waals surface area contributed by atoms with Gasteiger partial charge in [-0.2, -0.15) is 0 Å².